The predicted octanol–water partition coefficient (Wildman–Crippen LogP) is 0.286. The first-order valence-electron chi connectivity index (χ1n) is 4.82. The van der Waals surface area contributed by atoms with Gasteiger partial charge in [0.1, 0.15) is 5.71 Å². The molecular formula is C10H10N4O2. The number of nitrogens with zero attached hydrogens (tertiary/aromatic N) is 2. The Hall–Kier alpha value is -2.24. The van der Waals surface area contributed by atoms with Crippen LogP contribution in [0.1, 0.15) is 12.8 Å². The van der Waals surface area contributed by atoms with Crippen molar-refractivity contribution in [2.24, 2.45) is 5.10 Å². The van der Waals surface area contributed by atoms with Crippen LogP contribution < -0.4 is 10.7 Å². The molecule has 2 amide bonds. The minimum Gasteiger partial charge on any atom is -0.319 e. The SMILES string of the molecule is O=C1CCC(C(=O)Nc2cccnc2)=NN1. The van der Waals surface area contributed by atoms with Gasteiger partial charge in [0.2, 0.25) is 5.91 Å². The minimum absolute atomic E-state index is 0.169. The summed E-state index contributed by atoms with van der Waals surface area (Å²) in [6.07, 6.45) is 3.81. The van der Waals surface area contributed by atoms with Crippen LogP contribution in [0.5, 0.6) is 0 Å². The van der Waals surface area contributed by atoms with E-state index in [1.807, 2.05) is 0 Å². The number of hydrazone groups is 1. The molecule has 2 rings (SSSR count). The van der Waals surface area contributed by atoms with Crippen molar-refractivity contribution in [3.8, 4) is 0 Å². The molecule has 1 aromatic heterocycles. The lowest BCUT2D eigenvalue weighted by Gasteiger charge is -2.11. The van der Waals surface area contributed by atoms with Crippen LogP contribution in [0.3, 0.4) is 0 Å². The average Bonchev–Trinajstić information content (AvgIpc) is 2.31. The number of carbonyl (C=O) groups excluding carboxylic acids is 2. The van der Waals surface area contributed by atoms with Gasteiger partial charge in [-0.3, -0.25) is 14.6 Å². The largest absolute Gasteiger partial charge is 0.319 e. The number of nitrogens with one attached hydrogen (secondary N) is 2. The minimum atomic E-state index is -0.312. The van der Waals surface area contributed by atoms with Crippen molar-refractivity contribution in [2.45, 2.75) is 12.8 Å². The third kappa shape index (κ3) is 2.41. The Labute approximate surface area is 91.8 Å². The van der Waals surface area contributed by atoms with Crippen molar-refractivity contribution in [3.63, 3.8) is 0 Å². The number of anilines is 1. The van der Waals surface area contributed by atoms with Gasteiger partial charge in [-0.2, -0.15) is 5.10 Å². The van der Waals surface area contributed by atoms with Gasteiger partial charge in [0, 0.05) is 19.0 Å². The fourth-order valence-corrected chi connectivity index (χ4v) is 1.28. The van der Waals surface area contributed by atoms with E-state index >= 15 is 0 Å². The van der Waals surface area contributed by atoms with Crippen LogP contribution in [0.2, 0.25) is 0 Å². The molecular weight excluding hydrogens is 208 g/mol. The molecule has 0 spiro atoms. The average molecular weight is 218 g/mol. The molecule has 2 N–H and O–H groups in total. The maximum atomic E-state index is 11.7. The topological polar surface area (TPSA) is 83.5 Å². The summed E-state index contributed by atoms with van der Waals surface area (Å²) in [5, 5.41) is 6.33. The molecule has 82 valence electrons. The highest BCUT2D eigenvalue weighted by Crippen LogP contribution is 2.05. The van der Waals surface area contributed by atoms with Gasteiger partial charge in [0.25, 0.3) is 5.91 Å². The van der Waals surface area contributed by atoms with Gasteiger partial charge >= 0.3 is 0 Å². The van der Waals surface area contributed by atoms with Crippen molar-refractivity contribution >= 4 is 23.2 Å². The Morgan fingerprint density at radius 3 is 2.94 bits per heavy atom. The first-order chi connectivity index (χ1) is 7.75. The van der Waals surface area contributed by atoms with Crippen molar-refractivity contribution in [2.75, 3.05) is 5.32 Å². The highest BCUT2D eigenvalue weighted by Gasteiger charge is 2.18. The molecule has 0 aliphatic carbocycles. The molecule has 0 fully saturated rings. The summed E-state index contributed by atoms with van der Waals surface area (Å²) in [5.74, 6) is -0.481. The molecule has 0 bridgehead atoms. The number of carbonyl (C=O) groups is 2. The van der Waals surface area contributed by atoms with Gasteiger partial charge in [-0.25, -0.2) is 5.43 Å². The van der Waals surface area contributed by atoms with Crippen LogP contribution in [-0.4, -0.2) is 22.5 Å². The van der Waals surface area contributed by atoms with E-state index in [9.17, 15) is 9.59 Å². The lowest BCUT2D eigenvalue weighted by molar-refractivity contribution is -0.121. The fourth-order valence-electron chi connectivity index (χ4n) is 1.28. The number of pyridine rings is 1. The molecule has 0 saturated heterocycles. The first-order valence-corrected chi connectivity index (χ1v) is 4.82. The second-order valence-electron chi connectivity index (χ2n) is 3.29. The number of amides is 2. The molecule has 6 heteroatoms. The molecule has 1 aromatic rings. The van der Waals surface area contributed by atoms with E-state index in [0.29, 0.717) is 24.2 Å². The summed E-state index contributed by atoms with van der Waals surface area (Å²) in [6, 6.07) is 3.45. The molecule has 0 unspecified atom stereocenters. The molecule has 0 radical (unpaired) electrons. The van der Waals surface area contributed by atoms with E-state index in [-0.39, 0.29) is 11.8 Å². The summed E-state index contributed by atoms with van der Waals surface area (Å²) in [6.45, 7) is 0. The molecule has 0 saturated carbocycles. The van der Waals surface area contributed by atoms with Crippen LogP contribution >= 0.6 is 0 Å². The Balaban J connectivity index is 2.01. The van der Waals surface area contributed by atoms with Crippen LogP contribution in [-0.2, 0) is 9.59 Å². The Bertz CT molecular complexity index is 441. The van der Waals surface area contributed by atoms with Crippen molar-refractivity contribution < 1.29 is 9.59 Å². The lowest BCUT2D eigenvalue weighted by atomic mass is 10.1. The zero-order valence-electron chi connectivity index (χ0n) is 8.43. The van der Waals surface area contributed by atoms with Gasteiger partial charge in [-0.05, 0) is 12.1 Å². The monoisotopic (exact) mass is 218 g/mol. The normalized spacial score (nSPS) is 15.0. The standard InChI is InChI=1S/C10H10N4O2/c15-9-4-3-8(13-14-9)10(16)12-7-2-1-5-11-6-7/h1-2,5-6H,3-4H2,(H,12,16)(H,14,15). The zero-order valence-corrected chi connectivity index (χ0v) is 8.43. The molecule has 2 heterocycles. The molecule has 1 aliphatic heterocycles. The third-order valence-corrected chi connectivity index (χ3v) is 2.09. The molecule has 1 aliphatic rings. The van der Waals surface area contributed by atoms with E-state index < -0.39 is 0 Å². The van der Waals surface area contributed by atoms with E-state index in [1.54, 1.807) is 24.5 Å². The van der Waals surface area contributed by atoms with E-state index in [0.717, 1.165) is 0 Å². The maximum absolute atomic E-state index is 11.7. The Kier molecular flexibility index (Phi) is 2.90. The Morgan fingerprint density at radius 1 is 1.44 bits per heavy atom. The molecule has 16 heavy (non-hydrogen) atoms. The second-order valence-corrected chi connectivity index (χ2v) is 3.29. The predicted molar refractivity (Wildman–Crippen MR) is 57.7 cm³/mol. The summed E-state index contributed by atoms with van der Waals surface area (Å²) >= 11 is 0. The van der Waals surface area contributed by atoms with Crippen LogP contribution in [0.4, 0.5) is 5.69 Å². The van der Waals surface area contributed by atoms with Gasteiger partial charge < -0.3 is 5.32 Å². The number of rotatable bonds is 2. The molecule has 6 nitrogen and oxygen atoms in total. The summed E-state index contributed by atoms with van der Waals surface area (Å²) in [7, 11) is 0. The summed E-state index contributed by atoms with van der Waals surface area (Å²) in [5.41, 5.74) is 3.20. The second kappa shape index (κ2) is 4.52. The van der Waals surface area contributed by atoms with Crippen LogP contribution in [0.25, 0.3) is 0 Å². The first kappa shape index (κ1) is 10.3. The van der Waals surface area contributed by atoms with Crippen molar-refractivity contribution in [1.29, 1.82) is 0 Å². The lowest BCUT2D eigenvalue weighted by Crippen LogP contribution is -2.32. The van der Waals surface area contributed by atoms with E-state index in [1.165, 1.54) is 0 Å². The van der Waals surface area contributed by atoms with Gasteiger partial charge in [0.05, 0.1) is 11.9 Å². The number of hydrogen-bond acceptors (Lipinski definition) is 4. The summed E-state index contributed by atoms with van der Waals surface area (Å²) < 4.78 is 0. The van der Waals surface area contributed by atoms with Crippen molar-refractivity contribution in [3.05, 3.63) is 24.5 Å². The molecule has 0 aromatic carbocycles. The summed E-state index contributed by atoms with van der Waals surface area (Å²) in [4.78, 5) is 26.4. The van der Waals surface area contributed by atoms with Crippen molar-refractivity contribution in [1.82, 2.24) is 10.4 Å². The highest BCUT2D eigenvalue weighted by molar-refractivity contribution is 6.43. The molecule has 0 atom stereocenters. The highest BCUT2D eigenvalue weighted by atomic mass is 16.2. The smallest absolute Gasteiger partial charge is 0.271 e. The van der Waals surface area contributed by atoms with Gasteiger partial charge in [-0.15, -0.1) is 0 Å². The van der Waals surface area contributed by atoms with E-state index in [2.05, 4.69) is 20.8 Å². The van der Waals surface area contributed by atoms with Crippen LogP contribution in [0, 0.1) is 0 Å². The van der Waals surface area contributed by atoms with Gasteiger partial charge in [0.15, 0.2) is 0 Å². The Morgan fingerprint density at radius 2 is 2.31 bits per heavy atom. The fraction of sp³-hybridized carbons (Fsp3) is 0.200. The zero-order chi connectivity index (χ0) is 11.4. The number of aromatic nitrogens is 1. The van der Waals surface area contributed by atoms with Gasteiger partial charge in [-0.1, -0.05) is 0 Å². The number of hydrogen-bond donors (Lipinski definition) is 2. The van der Waals surface area contributed by atoms with E-state index in [4.69, 9.17) is 0 Å². The maximum Gasteiger partial charge on any atom is 0.271 e. The van der Waals surface area contributed by atoms with Crippen LogP contribution in [0.15, 0.2) is 29.6 Å². The third-order valence-electron chi connectivity index (χ3n) is 2.09. The quantitative estimate of drug-likeness (QED) is 0.748.